The van der Waals surface area contributed by atoms with E-state index in [0.717, 1.165) is 15.6 Å². The SMILES string of the molecule is CCOCCN(C)S(=O)(=O)c1cc(C(=O)O)cs1. The molecule has 0 amide bonds. The standard InChI is InChI=1S/C10H15NO5S2/c1-3-16-5-4-11(2)18(14,15)9-6-8(7-17-9)10(12)13/h6-7H,3-5H2,1-2H3,(H,12,13). The maximum absolute atomic E-state index is 12.1. The number of carboxylic acids is 1. The Morgan fingerprint density at radius 3 is 2.72 bits per heavy atom. The van der Waals surface area contributed by atoms with Gasteiger partial charge in [0.05, 0.1) is 12.2 Å². The van der Waals surface area contributed by atoms with Gasteiger partial charge in [-0.25, -0.2) is 13.2 Å². The number of nitrogens with zero attached hydrogens (tertiary/aromatic N) is 1. The van der Waals surface area contributed by atoms with Gasteiger partial charge in [0.1, 0.15) is 4.21 Å². The summed E-state index contributed by atoms with van der Waals surface area (Å²) in [5.74, 6) is -1.13. The van der Waals surface area contributed by atoms with Gasteiger partial charge in [-0.05, 0) is 13.0 Å². The predicted octanol–water partition coefficient (Wildman–Crippen LogP) is 1.10. The number of rotatable bonds is 7. The van der Waals surface area contributed by atoms with Gasteiger partial charge in [-0.3, -0.25) is 0 Å². The number of hydrogen-bond donors (Lipinski definition) is 1. The monoisotopic (exact) mass is 293 g/mol. The summed E-state index contributed by atoms with van der Waals surface area (Å²) >= 11 is 0.901. The van der Waals surface area contributed by atoms with Crippen LogP contribution in [0.4, 0.5) is 0 Å². The first-order chi connectivity index (χ1) is 8.39. The highest BCUT2D eigenvalue weighted by atomic mass is 32.2. The topological polar surface area (TPSA) is 83.9 Å². The lowest BCUT2D eigenvalue weighted by atomic mass is 10.4. The van der Waals surface area contributed by atoms with Crippen LogP contribution < -0.4 is 0 Å². The lowest BCUT2D eigenvalue weighted by Gasteiger charge is -2.15. The third-order valence-electron chi connectivity index (χ3n) is 2.24. The fourth-order valence-corrected chi connectivity index (χ4v) is 3.69. The van der Waals surface area contributed by atoms with E-state index in [4.69, 9.17) is 9.84 Å². The second-order valence-corrected chi connectivity index (χ2v) is 6.67. The van der Waals surface area contributed by atoms with Crippen LogP contribution in [0.2, 0.25) is 0 Å². The van der Waals surface area contributed by atoms with Crippen molar-refractivity contribution in [2.75, 3.05) is 26.8 Å². The van der Waals surface area contributed by atoms with Crippen LogP contribution >= 0.6 is 11.3 Å². The van der Waals surface area contributed by atoms with Crippen LogP contribution in [0.15, 0.2) is 15.7 Å². The number of aromatic carboxylic acids is 1. The Labute approximate surface area is 110 Å². The van der Waals surface area contributed by atoms with Crippen molar-refractivity contribution in [1.29, 1.82) is 0 Å². The molecule has 0 bridgehead atoms. The predicted molar refractivity (Wildman–Crippen MR) is 67.6 cm³/mol. The molecule has 102 valence electrons. The van der Waals surface area contributed by atoms with E-state index in [1.165, 1.54) is 18.5 Å². The van der Waals surface area contributed by atoms with Crippen molar-refractivity contribution in [3.05, 3.63) is 17.0 Å². The minimum absolute atomic E-state index is 0.0169. The van der Waals surface area contributed by atoms with Crippen LogP contribution in [0.25, 0.3) is 0 Å². The molecule has 6 nitrogen and oxygen atoms in total. The second-order valence-electron chi connectivity index (χ2n) is 3.48. The van der Waals surface area contributed by atoms with Gasteiger partial charge in [0.2, 0.25) is 0 Å². The number of thiophene rings is 1. The third kappa shape index (κ3) is 3.52. The highest BCUT2D eigenvalue weighted by Gasteiger charge is 2.23. The first kappa shape index (κ1) is 15.1. The number of carbonyl (C=O) groups is 1. The van der Waals surface area contributed by atoms with E-state index in [1.807, 2.05) is 6.92 Å². The quantitative estimate of drug-likeness (QED) is 0.761. The third-order valence-corrected chi connectivity index (χ3v) is 5.51. The molecule has 0 aliphatic carbocycles. The summed E-state index contributed by atoms with van der Waals surface area (Å²) in [7, 11) is -2.18. The molecule has 1 rings (SSSR count). The number of hydrogen-bond acceptors (Lipinski definition) is 5. The molecule has 8 heteroatoms. The molecule has 1 N–H and O–H groups in total. The van der Waals surface area contributed by atoms with Gasteiger partial charge in [-0.15, -0.1) is 11.3 Å². The summed E-state index contributed by atoms with van der Waals surface area (Å²) in [5, 5.41) is 10.1. The van der Waals surface area contributed by atoms with Crippen molar-refractivity contribution >= 4 is 27.3 Å². The van der Waals surface area contributed by atoms with Crippen LogP contribution in [0.3, 0.4) is 0 Å². The second kappa shape index (κ2) is 6.28. The molecular weight excluding hydrogens is 278 g/mol. The molecule has 0 aliphatic heterocycles. The average molecular weight is 293 g/mol. The molecule has 0 aromatic carbocycles. The van der Waals surface area contributed by atoms with Gasteiger partial charge in [-0.1, -0.05) is 0 Å². The number of likely N-dealkylation sites (N-methyl/N-ethyl adjacent to an activating group) is 1. The van der Waals surface area contributed by atoms with Crippen molar-refractivity contribution in [3.63, 3.8) is 0 Å². The number of carboxylic acid groups (broad SMARTS) is 1. The summed E-state index contributed by atoms with van der Waals surface area (Å²) < 4.78 is 30.4. The summed E-state index contributed by atoms with van der Waals surface area (Å²) in [6, 6.07) is 1.17. The van der Waals surface area contributed by atoms with Crippen molar-refractivity contribution in [2.45, 2.75) is 11.1 Å². The minimum atomic E-state index is -3.62. The molecule has 0 fully saturated rings. The lowest BCUT2D eigenvalue weighted by Crippen LogP contribution is -2.29. The van der Waals surface area contributed by atoms with Crippen molar-refractivity contribution in [2.24, 2.45) is 0 Å². The molecule has 0 unspecified atom stereocenters. The van der Waals surface area contributed by atoms with Crippen molar-refractivity contribution in [3.8, 4) is 0 Å². The Morgan fingerprint density at radius 2 is 2.22 bits per heavy atom. The average Bonchev–Trinajstić information content (AvgIpc) is 2.79. The van der Waals surface area contributed by atoms with Gasteiger partial charge in [-0.2, -0.15) is 4.31 Å². The molecule has 1 aromatic rings. The first-order valence-electron chi connectivity index (χ1n) is 5.25. The van der Waals surface area contributed by atoms with Crippen molar-refractivity contribution in [1.82, 2.24) is 4.31 Å². The molecule has 0 spiro atoms. The van der Waals surface area contributed by atoms with Gasteiger partial charge in [0.15, 0.2) is 0 Å². The van der Waals surface area contributed by atoms with Gasteiger partial charge >= 0.3 is 5.97 Å². The van der Waals surface area contributed by atoms with E-state index in [-0.39, 0.29) is 16.3 Å². The molecule has 0 saturated heterocycles. The molecule has 1 aromatic heterocycles. The van der Waals surface area contributed by atoms with E-state index >= 15 is 0 Å². The van der Waals surface area contributed by atoms with Gasteiger partial charge in [0.25, 0.3) is 10.0 Å². The number of sulfonamides is 1. The van der Waals surface area contributed by atoms with Crippen LogP contribution in [0.5, 0.6) is 0 Å². The van der Waals surface area contributed by atoms with Crippen LogP contribution in [-0.4, -0.2) is 50.6 Å². The molecule has 0 aliphatic rings. The Balaban J connectivity index is 2.81. The maximum atomic E-state index is 12.1. The molecule has 18 heavy (non-hydrogen) atoms. The summed E-state index contributed by atoms with van der Waals surface area (Å²) in [5.41, 5.74) is -0.0169. The summed E-state index contributed by atoms with van der Waals surface area (Å²) in [6.07, 6.45) is 0. The van der Waals surface area contributed by atoms with E-state index in [0.29, 0.717) is 13.2 Å². The highest BCUT2D eigenvalue weighted by Crippen LogP contribution is 2.23. The van der Waals surface area contributed by atoms with Crippen LogP contribution in [0, 0.1) is 0 Å². The normalized spacial score (nSPS) is 11.9. The Hall–Kier alpha value is -0.960. The van der Waals surface area contributed by atoms with E-state index in [2.05, 4.69) is 0 Å². The molecule has 0 saturated carbocycles. The summed E-state index contributed by atoms with van der Waals surface area (Å²) in [6.45, 7) is 2.89. The zero-order valence-electron chi connectivity index (χ0n) is 10.1. The molecule has 1 heterocycles. The Morgan fingerprint density at radius 1 is 1.56 bits per heavy atom. The molecule has 0 radical (unpaired) electrons. The fraction of sp³-hybridized carbons (Fsp3) is 0.500. The summed E-state index contributed by atoms with van der Waals surface area (Å²) in [4.78, 5) is 10.7. The first-order valence-corrected chi connectivity index (χ1v) is 7.57. The highest BCUT2D eigenvalue weighted by molar-refractivity contribution is 7.91. The van der Waals surface area contributed by atoms with E-state index < -0.39 is 16.0 Å². The molecule has 0 atom stereocenters. The zero-order chi connectivity index (χ0) is 13.8. The van der Waals surface area contributed by atoms with Crippen LogP contribution in [0.1, 0.15) is 17.3 Å². The Bertz CT molecular complexity index is 508. The minimum Gasteiger partial charge on any atom is -0.478 e. The van der Waals surface area contributed by atoms with Crippen LogP contribution in [-0.2, 0) is 14.8 Å². The number of ether oxygens (including phenoxy) is 1. The zero-order valence-corrected chi connectivity index (χ0v) is 11.8. The fourth-order valence-electron chi connectivity index (χ4n) is 1.18. The largest absolute Gasteiger partial charge is 0.478 e. The van der Waals surface area contributed by atoms with E-state index in [1.54, 1.807) is 0 Å². The van der Waals surface area contributed by atoms with Crippen molar-refractivity contribution < 1.29 is 23.1 Å². The maximum Gasteiger partial charge on any atom is 0.336 e. The Kier molecular flexibility index (Phi) is 5.27. The van der Waals surface area contributed by atoms with Gasteiger partial charge in [0, 0.05) is 25.6 Å². The van der Waals surface area contributed by atoms with Gasteiger partial charge < -0.3 is 9.84 Å². The smallest absolute Gasteiger partial charge is 0.336 e. The van der Waals surface area contributed by atoms with E-state index in [9.17, 15) is 13.2 Å². The lowest BCUT2D eigenvalue weighted by molar-refractivity contribution is 0.0697. The molecular formula is C10H15NO5S2.